The van der Waals surface area contributed by atoms with E-state index in [2.05, 4.69) is 0 Å². The Balaban J connectivity index is 2.69. The molecule has 4 nitrogen and oxygen atoms in total. The number of halogens is 1. The molecule has 1 aromatic carbocycles. The van der Waals surface area contributed by atoms with Crippen LogP contribution in [-0.4, -0.2) is 30.4 Å². The van der Waals surface area contributed by atoms with Gasteiger partial charge in [0, 0.05) is 17.6 Å². The summed E-state index contributed by atoms with van der Waals surface area (Å²) in [5.41, 5.74) is 11.8. The van der Waals surface area contributed by atoms with Crippen molar-refractivity contribution in [3.05, 3.63) is 34.9 Å². The maximum Gasteiger partial charge on any atom is 0.235 e. The highest BCUT2D eigenvalue weighted by molar-refractivity contribution is 6.30. The van der Waals surface area contributed by atoms with Gasteiger partial charge in [-0.15, -0.1) is 0 Å². The molecule has 5 heteroatoms. The summed E-state index contributed by atoms with van der Waals surface area (Å²) >= 11 is 5.93. The zero-order valence-electron chi connectivity index (χ0n) is 10.1. The van der Waals surface area contributed by atoms with E-state index in [1.807, 2.05) is 43.1 Å². The second-order valence-electron chi connectivity index (χ2n) is 4.18. The van der Waals surface area contributed by atoms with Gasteiger partial charge in [-0.25, -0.2) is 0 Å². The monoisotopic (exact) mass is 255 g/mol. The molecule has 0 aromatic heterocycles. The number of carbonyl (C=O) groups is 1. The van der Waals surface area contributed by atoms with Gasteiger partial charge in [-0.05, 0) is 31.7 Å². The van der Waals surface area contributed by atoms with Crippen molar-refractivity contribution < 1.29 is 4.79 Å². The Hall–Kier alpha value is -1.10. The third-order valence-corrected chi connectivity index (χ3v) is 3.08. The molecule has 0 heterocycles. The summed E-state index contributed by atoms with van der Waals surface area (Å²) in [4.78, 5) is 12.9. The summed E-state index contributed by atoms with van der Waals surface area (Å²) in [5.74, 6) is -0.491. The van der Waals surface area contributed by atoms with Crippen molar-refractivity contribution in [3.63, 3.8) is 0 Å². The Bertz CT molecular complexity index is 397. The molecule has 1 amide bonds. The van der Waals surface area contributed by atoms with Gasteiger partial charge in [0.2, 0.25) is 5.91 Å². The molecule has 0 spiro atoms. The minimum absolute atomic E-state index is 0.124. The number of primary amides is 1. The summed E-state index contributed by atoms with van der Waals surface area (Å²) in [7, 11) is 1.90. The van der Waals surface area contributed by atoms with Gasteiger partial charge in [0.15, 0.2) is 0 Å². The van der Waals surface area contributed by atoms with Gasteiger partial charge in [0.1, 0.15) is 0 Å². The third kappa shape index (κ3) is 4.00. The Morgan fingerprint density at radius 2 is 2.18 bits per heavy atom. The molecule has 0 radical (unpaired) electrons. The molecule has 0 bridgehead atoms. The van der Waals surface area contributed by atoms with Crippen LogP contribution < -0.4 is 11.5 Å². The zero-order chi connectivity index (χ0) is 13.0. The van der Waals surface area contributed by atoms with Crippen molar-refractivity contribution in [1.29, 1.82) is 0 Å². The number of nitrogens with zero attached hydrogens (tertiary/aromatic N) is 1. The van der Waals surface area contributed by atoms with E-state index >= 15 is 0 Å². The fourth-order valence-electron chi connectivity index (χ4n) is 1.58. The molecule has 94 valence electrons. The summed E-state index contributed by atoms with van der Waals surface area (Å²) in [6.07, 6.45) is 0. The summed E-state index contributed by atoms with van der Waals surface area (Å²) in [6.45, 7) is 2.45. The first-order valence-electron chi connectivity index (χ1n) is 5.42. The quantitative estimate of drug-likeness (QED) is 0.829. The molecular formula is C12H18ClN3O. The molecule has 1 aromatic rings. The van der Waals surface area contributed by atoms with Gasteiger partial charge in [-0.2, -0.15) is 0 Å². The lowest BCUT2D eigenvalue weighted by molar-refractivity contribution is -0.119. The number of hydrogen-bond donors (Lipinski definition) is 2. The Morgan fingerprint density at radius 3 is 2.71 bits per heavy atom. The molecule has 0 fully saturated rings. The Kier molecular flexibility index (Phi) is 4.93. The van der Waals surface area contributed by atoms with Crippen LogP contribution in [0.25, 0.3) is 0 Å². The van der Waals surface area contributed by atoms with Gasteiger partial charge < -0.3 is 11.5 Å². The highest BCUT2D eigenvalue weighted by Crippen LogP contribution is 2.21. The molecule has 1 rings (SSSR count). The molecule has 0 aliphatic heterocycles. The lowest BCUT2D eigenvalue weighted by atomic mass is 10.1. The zero-order valence-corrected chi connectivity index (χ0v) is 10.8. The first-order chi connectivity index (χ1) is 7.91. The van der Waals surface area contributed by atoms with Crippen LogP contribution in [0.3, 0.4) is 0 Å². The third-order valence-electron chi connectivity index (χ3n) is 2.84. The summed E-state index contributed by atoms with van der Waals surface area (Å²) in [6, 6.07) is 7.09. The van der Waals surface area contributed by atoms with E-state index in [0.717, 1.165) is 5.56 Å². The molecule has 0 aliphatic carbocycles. The fraction of sp³-hybridized carbons (Fsp3) is 0.417. The number of amides is 1. The topological polar surface area (TPSA) is 72.3 Å². The number of nitrogens with two attached hydrogens (primary N) is 2. The number of carbonyl (C=O) groups excluding carboxylic acids is 1. The molecule has 2 unspecified atom stereocenters. The van der Waals surface area contributed by atoms with Gasteiger partial charge in [-0.3, -0.25) is 9.69 Å². The van der Waals surface area contributed by atoms with Crippen LogP contribution >= 0.6 is 11.6 Å². The number of benzene rings is 1. The molecule has 2 atom stereocenters. The average Bonchev–Trinajstić information content (AvgIpc) is 2.27. The van der Waals surface area contributed by atoms with E-state index in [-0.39, 0.29) is 6.04 Å². The summed E-state index contributed by atoms with van der Waals surface area (Å²) < 4.78 is 0. The Labute approximate surface area is 107 Å². The molecule has 17 heavy (non-hydrogen) atoms. The van der Waals surface area contributed by atoms with E-state index in [1.165, 1.54) is 0 Å². The lowest BCUT2D eigenvalue weighted by Gasteiger charge is -2.26. The van der Waals surface area contributed by atoms with Crippen molar-refractivity contribution in [2.75, 3.05) is 13.6 Å². The molecule has 4 N–H and O–H groups in total. The minimum Gasteiger partial charge on any atom is -0.368 e. The van der Waals surface area contributed by atoms with Crippen molar-refractivity contribution in [1.82, 2.24) is 4.90 Å². The lowest BCUT2D eigenvalue weighted by Crippen LogP contribution is -2.45. The molecular weight excluding hydrogens is 238 g/mol. The van der Waals surface area contributed by atoms with Gasteiger partial charge in [-0.1, -0.05) is 23.7 Å². The second kappa shape index (κ2) is 6.00. The van der Waals surface area contributed by atoms with Crippen LogP contribution in [0, 0.1) is 0 Å². The van der Waals surface area contributed by atoms with E-state index in [9.17, 15) is 4.79 Å². The predicted octanol–water partition coefficient (Wildman–Crippen LogP) is 1.15. The smallest absolute Gasteiger partial charge is 0.235 e. The standard InChI is InChI=1S/C12H18ClN3O/c1-8(9-4-3-5-10(13)6-9)16(2)7-11(14)12(15)17/h3-6,8,11H,7,14H2,1-2H3,(H2,15,17). The van der Waals surface area contributed by atoms with Gasteiger partial charge in [0.05, 0.1) is 6.04 Å². The van der Waals surface area contributed by atoms with Crippen LogP contribution in [0.4, 0.5) is 0 Å². The van der Waals surface area contributed by atoms with Crippen molar-refractivity contribution in [2.24, 2.45) is 11.5 Å². The van der Waals surface area contributed by atoms with E-state index in [4.69, 9.17) is 23.1 Å². The molecule has 0 saturated heterocycles. The van der Waals surface area contributed by atoms with Crippen molar-refractivity contribution in [2.45, 2.75) is 19.0 Å². The van der Waals surface area contributed by atoms with Crippen LogP contribution in [0.1, 0.15) is 18.5 Å². The highest BCUT2D eigenvalue weighted by Gasteiger charge is 2.17. The van der Waals surface area contributed by atoms with E-state index < -0.39 is 11.9 Å². The van der Waals surface area contributed by atoms with E-state index in [1.54, 1.807) is 0 Å². The van der Waals surface area contributed by atoms with Crippen LogP contribution in [0.15, 0.2) is 24.3 Å². The largest absolute Gasteiger partial charge is 0.368 e. The molecule has 0 saturated carbocycles. The average molecular weight is 256 g/mol. The summed E-state index contributed by atoms with van der Waals surface area (Å²) in [5, 5.41) is 0.696. The van der Waals surface area contributed by atoms with E-state index in [0.29, 0.717) is 11.6 Å². The van der Waals surface area contributed by atoms with Gasteiger partial charge in [0.25, 0.3) is 0 Å². The highest BCUT2D eigenvalue weighted by atomic mass is 35.5. The maximum atomic E-state index is 10.9. The number of likely N-dealkylation sites (N-methyl/N-ethyl adjacent to an activating group) is 1. The first-order valence-corrected chi connectivity index (χ1v) is 5.80. The SMILES string of the molecule is CC(c1cccc(Cl)c1)N(C)CC(N)C(N)=O. The van der Waals surface area contributed by atoms with Crippen molar-refractivity contribution >= 4 is 17.5 Å². The van der Waals surface area contributed by atoms with Crippen LogP contribution in [0.2, 0.25) is 5.02 Å². The van der Waals surface area contributed by atoms with Crippen LogP contribution in [0.5, 0.6) is 0 Å². The minimum atomic E-state index is -0.651. The molecule has 0 aliphatic rings. The van der Waals surface area contributed by atoms with Gasteiger partial charge >= 0.3 is 0 Å². The van der Waals surface area contributed by atoms with Crippen molar-refractivity contribution in [3.8, 4) is 0 Å². The second-order valence-corrected chi connectivity index (χ2v) is 4.62. The Morgan fingerprint density at radius 1 is 1.53 bits per heavy atom. The fourth-order valence-corrected chi connectivity index (χ4v) is 1.78. The number of rotatable bonds is 5. The predicted molar refractivity (Wildman–Crippen MR) is 69.7 cm³/mol. The normalized spacial score (nSPS) is 14.6. The maximum absolute atomic E-state index is 10.9. The first kappa shape index (κ1) is 14.0. The number of hydrogen-bond acceptors (Lipinski definition) is 3. The van der Waals surface area contributed by atoms with Crippen LogP contribution in [-0.2, 0) is 4.79 Å².